The first kappa shape index (κ1) is 9.77. The average Bonchev–Trinajstić information content (AvgIpc) is 2.58. The van der Waals surface area contributed by atoms with E-state index in [1.165, 1.54) is 5.56 Å². The van der Waals surface area contributed by atoms with E-state index in [1.807, 2.05) is 29.9 Å². The summed E-state index contributed by atoms with van der Waals surface area (Å²) in [7, 11) is 1.99. The fourth-order valence-electron chi connectivity index (χ4n) is 1.62. The Morgan fingerprint density at radius 3 is 2.87 bits per heavy atom. The highest BCUT2D eigenvalue weighted by atomic mass is 15.0. The molecule has 15 heavy (non-hydrogen) atoms. The number of anilines is 1. The van der Waals surface area contributed by atoms with E-state index in [0.29, 0.717) is 0 Å². The van der Waals surface area contributed by atoms with E-state index in [9.17, 15) is 0 Å². The van der Waals surface area contributed by atoms with Crippen molar-refractivity contribution in [2.45, 2.75) is 13.3 Å². The second-order valence-corrected chi connectivity index (χ2v) is 3.83. The minimum atomic E-state index is 0.789. The van der Waals surface area contributed by atoms with Crippen LogP contribution in [0.25, 0.3) is 0 Å². The first-order valence-corrected chi connectivity index (χ1v) is 4.98. The van der Waals surface area contributed by atoms with Gasteiger partial charge in [-0.1, -0.05) is 17.7 Å². The van der Waals surface area contributed by atoms with Crippen molar-refractivity contribution in [1.29, 1.82) is 0 Å². The second-order valence-electron chi connectivity index (χ2n) is 3.83. The van der Waals surface area contributed by atoms with Crippen molar-refractivity contribution in [2.75, 3.05) is 5.73 Å². The molecule has 0 radical (unpaired) electrons. The quantitative estimate of drug-likeness (QED) is 0.754. The van der Waals surface area contributed by atoms with Gasteiger partial charge >= 0.3 is 0 Å². The number of nitrogens with zero attached hydrogens (tertiary/aromatic N) is 2. The van der Waals surface area contributed by atoms with Crippen molar-refractivity contribution >= 4 is 5.69 Å². The molecule has 0 aliphatic carbocycles. The molecule has 0 saturated carbocycles. The summed E-state index contributed by atoms with van der Waals surface area (Å²) in [5.74, 6) is 1.03. The number of benzene rings is 1. The fourth-order valence-corrected chi connectivity index (χ4v) is 1.62. The zero-order valence-corrected chi connectivity index (χ0v) is 9.07. The number of aromatic nitrogens is 2. The molecule has 3 heteroatoms. The van der Waals surface area contributed by atoms with Gasteiger partial charge in [0.05, 0.1) is 0 Å². The Hall–Kier alpha value is -1.77. The summed E-state index contributed by atoms with van der Waals surface area (Å²) in [6, 6.07) is 6.09. The smallest absolute Gasteiger partial charge is 0.112 e. The maximum atomic E-state index is 5.92. The minimum Gasteiger partial charge on any atom is -0.398 e. The van der Waals surface area contributed by atoms with Gasteiger partial charge in [0.15, 0.2) is 0 Å². The summed E-state index contributed by atoms with van der Waals surface area (Å²) >= 11 is 0. The third-order valence-corrected chi connectivity index (χ3v) is 2.57. The van der Waals surface area contributed by atoms with E-state index in [2.05, 4.69) is 18.0 Å². The molecule has 0 bridgehead atoms. The number of nitrogen functional groups attached to an aromatic ring is 1. The second kappa shape index (κ2) is 3.77. The number of hydrogen-bond acceptors (Lipinski definition) is 2. The molecular formula is C12H15N3. The highest BCUT2D eigenvalue weighted by molar-refractivity contribution is 5.49. The zero-order chi connectivity index (χ0) is 10.8. The standard InChI is InChI=1S/C12H15N3/c1-9-3-4-11(13)10(7-9)8-12-14-5-6-15(12)2/h3-7H,8,13H2,1-2H3. The predicted molar refractivity (Wildman–Crippen MR) is 61.6 cm³/mol. The first-order valence-electron chi connectivity index (χ1n) is 4.98. The SMILES string of the molecule is Cc1ccc(N)c(Cc2nccn2C)c1. The number of rotatable bonds is 2. The van der Waals surface area contributed by atoms with Crippen LogP contribution in [0.15, 0.2) is 30.6 Å². The van der Waals surface area contributed by atoms with Crippen LogP contribution in [0.1, 0.15) is 17.0 Å². The minimum absolute atomic E-state index is 0.789. The van der Waals surface area contributed by atoms with Gasteiger partial charge in [0.1, 0.15) is 5.82 Å². The lowest BCUT2D eigenvalue weighted by Crippen LogP contribution is -2.01. The topological polar surface area (TPSA) is 43.8 Å². The summed E-state index contributed by atoms with van der Waals surface area (Å²) in [5, 5.41) is 0. The first-order chi connectivity index (χ1) is 7.16. The van der Waals surface area contributed by atoms with Crippen LogP contribution < -0.4 is 5.73 Å². The average molecular weight is 201 g/mol. The molecule has 0 saturated heterocycles. The van der Waals surface area contributed by atoms with Crippen LogP contribution in [0.3, 0.4) is 0 Å². The van der Waals surface area contributed by atoms with Crippen molar-refractivity contribution in [3.05, 3.63) is 47.5 Å². The summed E-state index contributed by atoms with van der Waals surface area (Å²) < 4.78 is 2.02. The summed E-state index contributed by atoms with van der Waals surface area (Å²) in [4.78, 5) is 4.29. The van der Waals surface area contributed by atoms with E-state index >= 15 is 0 Å². The van der Waals surface area contributed by atoms with Crippen LogP contribution >= 0.6 is 0 Å². The summed E-state index contributed by atoms with van der Waals surface area (Å²) in [6.07, 6.45) is 4.54. The van der Waals surface area contributed by atoms with Crippen LogP contribution in [0.5, 0.6) is 0 Å². The lowest BCUT2D eigenvalue weighted by Gasteiger charge is -2.06. The Morgan fingerprint density at radius 1 is 1.40 bits per heavy atom. The Kier molecular flexibility index (Phi) is 2.46. The van der Waals surface area contributed by atoms with E-state index in [4.69, 9.17) is 5.73 Å². The van der Waals surface area contributed by atoms with Gasteiger partial charge in [0, 0.05) is 31.5 Å². The van der Waals surface area contributed by atoms with E-state index in [-0.39, 0.29) is 0 Å². The third-order valence-electron chi connectivity index (χ3n) is 2.57. The molecule has 1 aromatic carbocycles. The van der Waals surface area contributed by atoms with Crippen molar-refractivity contribution in [3.8, 4) is 0 Å². The molecule has 3 nitrogen and oxygen atoms in total. The summed E-state index contributed by atoms with van der Waals surface area (Å²) in [6.45, 7) is 2.07. The van der Waals surface area contributed by atoms with Gasteiger partial charge in [-0.25, -0.2) is 4.98 Å². The predicted octanol–water partition coefficient (Wildman–Crippen LogP) is 1.90. The number of aryl methyl sites for hydroxylation is 2. The molecule has 0 aliphatic rings. The van der Waals surface area contributed by atoms with E-state index < -0.39 is 0 Å². The van der Waals surface area contributed by atoms with Gasteiger partial charge in [0.2, 0.25) is 0 Å². The number of hydrogen-bond donors (Lipinski definition) is 1. The number of nitrogens with two attached hydrogens (primary N) is 1. The molecular weight excluding hydrogens is 186 g/mol. The van der Waals surface area contributed by atoms with Crippen LogP contribution in [0.4, 0.5) is 5.69 Å². The van der Waals surface area contributed by atoms with Crippen LogP contribution in [0, 0.1) is 6.92 Å². The fraction of sp³-hybridized carbons (Fsp3) is 0.250. The van der Waals surface area contributed by atoms with E-state index in [0.717, 1.165) is 23.5 Å². The molecule has 0 amide bonds. The Labute approximate surface area is 89.6 Å². The molecule has 2 N–H and O–H groups in total. The highest BCUT2D eigenvalue weighted by Crippen LogP contribution is 2.16. The van der Waals surface area contributed by atoms with Gasteiger partial charge in [-0.3, -0.25) is 0 Å². The van der Waals surface area contributed by atoms with Crippen LogP contribution in [-0.2, 0) is 13.5 Å². The lowest BCUT2D eigenvalue weighted by atomic mass is 10.1. The van der Waals surface area contributed by atoms with Gasteiger partial charge in [0.25, 0.3) is 0 Å². The normalized spacial score (nSPS) is 10.5. The van der Waals surface area contributed by atoms with Crippen molar-refractivity contribution in [1.82, 2.24) is 9.55 Å². The maximum absolute atomic E-state index is 5.92. The molecule has 78 valence electrons. The Balaban J connectivity index is 2.32. The third kappa shape index (κ3) is 2.01. The maximum Gasteiger partial charge on any atom is 0.112 e. The largest absolute Gasteiger partial charge is 0.398 e. The molecule has 0 spiro atoms. The van der Waals surface area contributed by atoms with Crippen molar-refractivity contribution < 1.29 is 0 Å². The van der Waals surface area contributed by atoms with Crippen LogP contribution in [-0.4, -0.2) is 9.55 Å². The highest BCUT2D eigenvalue weighted by Gasteiger charge is 2.04. The Morgan fingerprint density at radius 2 is 2.20 bits per heavy atom. The Bertz CT molecular complexity index is 471. The zero-order valence-electron chi connectivity index (χ0n) is 9.07. The van der Waals surface area contributed by atoms with Gasteiger partial charge in [-0.2, -0.15) is 0 Å². The van der Waals surface area contributed by atoms with Gasteiger partial charge in [-0.05, 0) is 18.6 Å². The van der Waals surface area contributed by atoms with Gasteiger partial charge < -0.3 is 10.3 Å². The molecule has 1 heterocycles. The molecule has 2 aromatic rings. The molecule has 0 fully saturated rings. The molecule has 2 rings (SSSR count). The monoisotopic (exact) mass is 201 g/mol. The molecule has 0 atom stereocenters. The molecule has 1 aromatic heterocycles. The van der Waals surface area contributed by atoms with Gasteiger partial charge in [-0.15, -0.1) is 0 Å². The van der Waals surface area contributed by atoms with Crippen LogP contribution in [0.2, 0.25) is 0 Å². The van der Waals surface area contributed by atoms with Crippen molar-refractivity contribution in [3.63, 3.8) is 0 Å². The molecule has 0 unspecified atom stereocenters. The summed E-state index contributed by atoms with van der Waals surface area (Å²) in [5.41, 5.74) is 9.13. The van der Waals surface area contributed by atoms with Crippen molar-refractivity contribution in [2.24, 2.45) is 7.05 Å². The van der Waals surface area contributed by atoms with E-state index in [1.54, 1.807) is 6.20 Å². The molecule has 0 aliphatic heterocycles. The number of imidazole rings is 1. The lowest BCUT2D eigenvalue weighted by molar-refractivity contribution is 0.822.